The predicted molar refractivity (Wildman–Crippen MR) is 132 cm³/mol. The molecule has 3 fully saturated rings. The highest BCUT2D eigenvalue weighted by molar-refractivity contribution is 6.32. The van der Waals surface area contributed by atoms with E-state index in [9.17, 15) is 22.8 Å². The van der Waals surface area contributed by atoms with E-state index in [4.69, 9.17) is 25.8 Å². The monoisotopic (exact) mass is 559 g/mol. The Kier molecular flexibility index (Phi) is 7.83. The van der Waals surface area contributed by atoms with E-state index >= 15 is 0 Å². The number of rotatable bonds is 7. The molecule has 12 heteroatoms. The summed E-state index contributed by atoms with van der Waals surface area (Å²) in [6, 6.07) is 2.36. The SMILES string of the molecule is C[C@H]1CN([C@@H]2CC[C@@](C(=O)N3COc4c(Cl)cc(C(F)(F)F)cc4C3)(C3CC3)OC2)CCN1CCOC=O. The van der Waals surface area contributed by atoms with Crippen LogP contribution in [-0.2, 0) is 31.8 Å². The fourth-order valence-corrected chi connectivity index (χ4v) is 6.37. The Morgan fingerprint density at radius 3 is 2.68 bits per heavy atom. The maximum Gasteiger partial charge on any atom is 0.416 e. The van der Waals surface area contributed by atoms with Crippen LogP contribution >= 0.6 is 11.6 Å². The summed E-state index contributed by atoms with van der Waals surface area (Å²) in [5.41, 5.74) is -1.59. The first-order valence-corrected chi connectivity index (χ1v) is 13.5. The van der Waals surface area contributed by atoms with Gasteiger partial charge in [-0.1, -0.05) is 11.6 Å². The van der Waals surface area contributed by atoms with Crippen molar-refractivity contribution in [3.63, 3.8) is 0 Å². The zero-order valence-electron chi connectivity index (χ0n) is 21.3. The molecule has 0 radical (unpaired) electrons. The first kappa shape index (κ1) is 27.5. The molecule has 3 atom stereocenters. The van der Waals surface area contributed by atoms with Crippen LogP contribution in [0.25, 0.3) is 0 Å². The highest BCUT2D eigenvalue weighted by atomic mass is 35.5. The van der Waals surface area contributed by atoms with Crippen molar-refractivity contribution in [1.82, 2.24) is 14.7 Å². The van der Waals surface area contributed by atoms with Gasteiger partial charge in [0.1, 0.15) is 18.0 Å². The molecule has 0 unspecified atom stereocenters. The Morgan fingerprint density at radius 1 is 1.26 bits per heavy atom. The highest BCUT2D eigenvalue weighted by Crippen LogP contribution is 2.49. The lowest BCUT2D eigenvalue weighted by Gasteiger charge is -2.48. The number of amides is 1. The van der Waals surface area contributed by atoms with Gasteiger partial charge in [0.05, 0.1) is 23.7 Å². The summed E-state index contributed by atoms with van der Waals surface area (Å²) < 4.78 is 57.0. The summed E-state index contributed by atoms with van der Waals surface area (Å²) in [4.78, 5) is 30.4. The molecule has 3 heterocycles. The number of alkyl halides is 3. The van der Waals surface area contributed by atoms with Gasteiger partial charge in [0, 0.05) is 43.8 Å². The van der Waals surface area contributed by atoms with Crippen LogP contribution in [0.3, 0.4) is 0 Å². The average molecular weight is 560 g/mol. The molecule has 1 aromatic carbocycles. The molecule has 0 N–H and O–H groups in total. The van der Waals surface area contributed by atoms with E-state index in [-0.39, 0.29) is 47.5 Å². The highest BCUT2D eigenvalue weighted by Gasteiger charge is 2.56. The second-order valence-electron chi connectivity index (χ2n) is 10.7. The van der Waals surface area contributed by atoms with Gasteiger partial charge in [0.15, 0.2) is 6.73 Å². The van der Waals surface area contributed by atoms with Gasteiger partial charge in [-0.3, -0.25) is 19.4 Å². The second kappa shape index (κ2) is 10.8. The molecule has 1 aliphatic carbocycles. The van der Waals surface area contributed by atoms with Crippen molar-refractivity contribution in [3.05, 3.63) is 28.3 Å². The van der Waals surface area contributed by atoms with Gasteiger partial charge in [-0.25, -0.2) is 0 Å². The zero-order valence-corrected chi connectivity index (χ0v) is 22.1. The third-order valence-electron chi connectivity index (χ3n) is 8.32. The van der Waals surface area contributed by atoms with Crippen molar-refractivity contribution in [2.24, 2.45) is 5.92 Å². The van der Waals surface area contributed by atoms with Crippen LogP contribution in [0, 0.1) is 5.92 Å². The van der Waals surface area contributed by atoms with E-state index < -0.39 is 17.3 Å². The standard InChI is InChI=1S/C26H33ClF3N3O5/c1-17-12-32(7-6-31(17)8-9-36-16-34)21-4-5-25(38-14-21,19-2-3-19)24(35)33-13-18-10-20(26(28,29)30)11-22(27)23(18)37-15-33/h10-11,16-17,19,21H,2-9,12-15H2,1H3/t17-,21+,25-/m0/s1. The lowest BCUT2D eigenvalue weighted by Crippen LogP contribution is -2.61. The van der Waals surface area contributed by atoms with Crippen LogP contribution in [0.15, 0.2) is 12.1 Å². The number of hydrogen-bond donors (Lipinski definition) is 0. The second-order valence-corrected chi connectivity index (χ2v) is 11.1. The molecule has 210 valence electrons. The number of benzene rings is 1. The van der Waals surface area contributed by atoms with E-state index in [1.54, 1.807) is 0 Å². The normalized spacial score (nSPS) is 28.9. The smallest absolute Gasteiger partial charge is 0.416 e. The Balaban J connectivity index is 1.23. The first-order chi connectivity index (χ1) is 18.1. The van der Waals surface area contributed by atoms with Crippen LogP contribution in [0.2, 0.25) is 5.02 Å². The Morgan fingerprint density at radius 2 is 2.05 bits per heavy atom. The van der Waals surface area contributed by atoms with E-state index in [0.29, 0.717) is 38.7 Å². The van der Waals surface area contributed by atoms with Crippen molar-refractivity contribution in [2.75, 3.05) is 46.1 Å². The van der Waals surface area contributed by atoms with E-state index in [0.717, 1.165) is 51.0 Å². The molecular weight excluding hydrogens is 527 g/mol. The number of carbonyl (C=O) groups excluding carboxylic acids is 2. The van der Waals surface area contributed by atoms with Crippen molar-refractivity contribution in [2.45, 2.75) is 63.0 Å². The molecule has 2 saturated heterocycles. The van der Waals surface area contributed by atoms with Crippen LogP contribution in [0.5, 0.6) is 5.75 Å². The summed E-state index contributed by atoms with van der Waals surface area (Å²) in [7, 11) is 0. The minimum absolute atomic E-state index is 0.00758. The van der Waals surface area contributed by atoms with Gasteiger partial charge in [-0.05, 0) is 50.7 Å². The van der Waals surface area contributed by atoms with E-state index in [1.807, 2.05) is 0 Å². The third kappa shape index (κ3) is 5.48. The molecule has 8 nitrogen and oxygen atoms in total. The summed E-state index contributed by atoms with van der Waals surface area (Å²) in [5.74, 6) is 0.0850. The molecule has 1 amide bonds. The Bertz CT molecular complexity index is 1050. The minimum atomic E-state index is -4.55. The number of piperazine rings is 1. The fraction of sp³-hybridized carbons (Fsp3) is 0.692. The number of carbonyl (C=O) groups is 2. The van der Waals surface area contributed by atoms with Gasteiger partial charge in [0.25, 0.3) is 12.4 Å². The molecule has 1 aromatic rings. The Hall–Kier alpha value is -2.08. The lowest BCUT2D eigenvalue weighted by molar-refractivity contribution is -0.181. The van der Waals surface area contributed by atoms with Crippen LogP contribution in [0.4, 0.5) is 13.2 Å². The third-order valence-corrected chi connectivity index (χ3v) is 8.60. The average Bonchev–Trinajstić information content (AvgIpc) is 3.75. The largest absolute Gasteiger partial charge is 0.471 e. The minimum Gasteiger partial charge on any atom is -0.471 e. The van der Waals surface area contributed by atoms with Crippen molar-refractivity contribution < 1.29 is 37.0 Å². The van der Waals surface area contributed by atoms with Gasteiger partial charge >= 0.3 is 6.18 Å². The van der Waals surface area contributed by atoms with Crippen molar-refractivity contribution >= 4 is 24.0 Å². The molecular formula is C26H33ClF3N3O5. The molecule has 3 aliphatic heterocycles. The van der Waals surface area contributed by atoms with Crippen molar-refractivity contribution in [3.8, 4) is 5.75 Å². The molecule has 4 aliphatic rings. The number of fused-ring (bicyclic) bond motifs is 1. The van der Waals surface area contributed by atoms with Gasteiger partial charge < -0.3 is 19.1 Å². The fourth-order valence-electron chi connectivity index (χ4n) is 6.07. The summed E-state index contributed by atoms with van der Waals surface area (Å²) in [5, 5.41) is -0.110. The molecule has 1 saturated carbocycles. The molecule has 5 rings (SSSR count). The van der Waals surface area contributed by atoms with Gasteiger partial charge in [-0.15, -0.1) is 0 Å². The van der Waals surface area contributed by atoms with E-state index in [2.05, 4.69) is 16.7 Å². The molecule has 38 heavy (non-hydrogen) atoms. The lowest BCUT2D eigenvalue weighted by atomic mass is 9.85. The Labute approximate surface area is 224 Å². The molecule has 0 bridgehead atoms. The van der Waals surface area contributed by atoms with Gasteiger partial charge in [0.2, 0.25) is 0 Å². The predicted octanol–water partition coefficient (Wildman–Crippen LogP) is 3.54. The van der Waals surface area contributed by atoms with Gasteiger partial charge in [-0.2, -0.15) is 13.2 Å². The number of nitrogens with zero attached hydrogens (tertiary/aromatic N) is 3. The summed E-state index contributed by atoms with van der Waals surface area (Å²) in [6.07, 6.45) is -1.39. The quantitative estimate of drug-likeness (QED) is 0.374. The summed E-state index contributed by atoms with van der Waals surface area (Å²) >= 11 is 6.08. The van der Waals surface area contributed by atoms with E-state index in [1.165, 1.54) is 4.90 Å². The zero-order chi connectivity index (χ0) is 27.1. The van der Waals surface area contributed by atoms with Crippen LogP contribution in [-0.4, -0.2) is 90.9 Å². The maximum absolute atomic E-state index is 13.8. The number of hydrogen-bond acceptors (Lipinski definition) is 7. The maximum atomic E-state index is 13.8. The molecule has 0 spiro atoms. The van der Waals surface area contributed by atoms with Crippen molar-refractivity contribution in [1.29, 1.82) is 0 Å². The molecule has 0 aromatic heterocycles. The van der Waals surface area contributed by atoms with Crippen LogP contribution < -0.4 is 4.74 Å². The van der Waals surface area contributed by atoms with Crippen LogP contribution in [0.1, 0.15) is 43.7 Å². The number of ether oxygens (including phenoxy) is 3. The first-order valence-electron chi connectivity index (χ1n) is 13.1. The number of halogens is 4. The summed E-state index contributed by atoms with van der Waals surface area (Å²) in [6.45, 7) is 6.62. The topological polar surface area (TPSA) is 71.6 Å².